The molecule has 0 amide bonds. The fourth-order valence-electron chi connectivity index (χ4n) is 4.88. The van der Waals surface area contributed by atoms with Crippen LogP contribution in [-0.2, 0) is 17.7 Å². The summed E-state index contributed by atoms with van der Waals surface area (Å²) >= 11 is 0. The number of rotatable bonds is 11. The number of morpholine rings is 1. The standard InChI is InChI=1S/C28H34N6O5/c1-36-22-11-20(12-23(37-2)26(22)38-3)13-29-27-25-28(31-17-30-27)34(18-32-25)24-15-33(14-21(16-35)39-24)10-9-19-7-5-4-6-8-19/h4-8,11-12,17-18,21,24,35H,9-10,13-16H2,1-3H3,(H,29,30,31)/t21-,24+/m0/s1. The Balaban J connectivity index is 1.33. The number of ether oxygens (including phenoxy) is 4. The number of imidazole rings is 1. The molecule has 0 unspecified atom stereocenters. The van der Waals surface area contributed by atoms with Crippen LogP contribution >= 0.6 is 0 Å². The van der Waals surface area contributed by atoms with Crippen molar-refractivity contribution in [1.82, 2.24) is 24.4 Å². The SMILES string of the molecule is COc1cc(CNc2ncnc3c2ncn3[C@H]2CN(CCc3ccccc3)C[C@@H](CO)O2)cc(OC)c1OC. The molecule has 3 heterocycles. The van der Waals surface area contributed by atoms with E-state index in [2.05, 4.69) is 49.4 Å². The van der Waals surface area contributed by atoms with Crippen LogP contribution in [0.4, 0.5) is 5.82 Å². The second-order valence-corrected chi connectivity index (χ2v) is 9.32. The number of aliphatic hydroxyl groups is 1. The molecular formula is C28H34N6O5. The minimum atomic E-state index is -0.338. The number of nitrogens with one attached hydrogen (secondary N) is 1. The largest absolute Gasteiger partial charge is 0.493 e. The van der Waals surface area contributed by atoms with E-state index < -0.39 is 0 Å². The molecule has 39 heavy (non-hydrogen) atoms. The Hall–Kier alpha value is -3.93. The summed E-state index contributed by atoms with van der Waals surface area (Å²) in [5.41, 5.74) is 3.50. The smallest absolute Gasteiger partial charge is 0.203 e. The quantitative estimate of drug-likeness (QED) is 0.298. The second kappa shape index (κ2) is 12.3. The molecule has 5 rings (SSSR count). The molecule has 0 saturated carbocycles. The van der Waals surface area contributed by atoms with Gasteiger partial charge >= 0.3 is 0 Å². The van der Waals surface area contributed by atoms with E-state index in [0.29, 0.717) is 53.9 Å². The molecule has 4 aromatic rings. The van der Waals surface area contributed by atoms with Gasteiger partial charge in [-0.25, -0.2) is 15.0 Å². The summed E-state index contributed by atoms with van der Waals surface area (Å²) in [6.07, 6.45) is 3.53. The van der Waals surface area contributed by atoms with Crippen LogP contribution in [0.1, 0.15) is 17.4 Å². The Labute approximate surface area is 227 Å². The Kier molecular flexibility index (Phi) is 8.40. The van der Waals surface area contributed by atoms with E-state index in [9.17, 15) is 5.11 Å². The molecule has 0 bridgehead atoms. The zero-order chi connectivity index (χ0) is 27.2. The van der Waals surface area contributed by atoms with Crippen molar-refractivity contribution < 1.29 is 24.1 Å². The van der Waals surface area contributed by atoms with Gasteiger partial charge in [-0.1, -0.05) is 30.3 Å². The number of hydrogen-bond donors (Lipinski definition) is 2. The highest BCUT2D eigenvalue weighted by atomic mass is 16.5. The zero-order valence-corrected chi connectivity index (χ0v) is 22.4. The Morgan fingerprint density at radius 2 is 1.74 bits per heavy atom. The molecule has 206 valence electrons. The number of aromatic nitrogens is 4. The molecule has 11 nitrogen and oxygen atoms in total. The van der Waals surface area contributed by atoms with E-state index in [1.54, 1.807) is 27.7 Å². The first kappa shape index (κ1) is 26.7. The van der Waals surface area contributed by atoms with Gasteiger partial charge in [0.2, 0.25) is 5.75 Å². The van der Waals surface area contributed by atoms with Crippen molar-refractivity contribution in [2.24, 2.45) is 0 Å². The van der Waals surface area contributed by atoms with E-state index in [1.807, 2.05) is 22.8 Å². The maximum Gasteiger partial charge on any atom is 0.203 e. The van der Waals surface area contributed by atoms with Crippen molar-refractivity contribution in [3.63, 3.8) is 0 Å². The number of aliphatic hydroxyl groups excluding tert-OH is 1. The molecule has 1 aliphatic heterocycles. The van der Waals surface area contributed by atoms with Crippen molar-refractivity contribution in [3.8, 4) is 17.2 Å². The third-order valence-corrected chi connectivity index (χ3v) is 6.84. The highest BCUT2D eigenvalue weighted by molar-refractivity contribution is 5.82. The fraction of sp³-hybridized carbons (Fsp3) is 0.393. The van der Waals surface area contributed by atoms with Gasteiger partial charge in [0.1, 0.15) is 12.6 Å². The van der Waals surface area contributed by atoms with Gasteiger partial charge in [-0.05, 0) is 29.7 Å². The molecule has 2 N–H and O–H groups in total. The number of anilines is 1. The predicted molar refractivity (Wildman–Crippen MR) is 146 cm³/mol. The van der Waals surface area contributed by atoms with Crippen LogP contribution in [0.5, 0.6) is 17.2 Å². The lowest BCUT2D eigenvalue weighted by atomic mass is 10.1. The molecule has 1 saturated heterocycles. The predicted octanol–water partition coefficient (Wildman–Crippen LogP) is 2.90. The summed E-state index contributed by atoms with van der Waals surface area (Å²) in [6, 6.07) is 14.2. The van der Waals surface area contributed by atoms with Gasteiger partial charge < -0.3 is 29.4 Å². The van der Waals surface area contributed by atoms with Crippen LogP contribution in [0.2, 0.25) is 0 Å². The summed E-state index contributed by atoms with van der Waals surface area (Å²) in [7, 11) is 4.76. The third kappa shape index (κ3) is 5.90. The molecule has 0 radical (unpaired) electrons. The maximum absolute atomic E-state index is 9.91. The van der Waals surface area contributed by atoms with Crippen molar-refractivity contribution in [2.45, 2.75) is 25.3 Å². The monoisotopic (exact) mass is 534 g/mol. The van der Waals surface area contributed by atoms with Gasteiger partial charge in [0.05, 0.1) is 40.4 Å². The fourth-order valence-corrected chi connectivity index (χ4v) is 4.88. The van der Waals surface area contributed by atoms with Gasteiger partial charge in [-0.2, -0.15) is 0 Å². The Morgan fingerprint density at radius 3 is 2.44 bits per heavy atom. The Bertz CT molecular complexity index is 1360. The number of nitrogens with zero attached hydrogens (tertiary/aromatic N) is 5. The van der Waals surface area contributed by atoms with Gasteiger partial charge in [0.25, 0.3) is 0 Å². The van der Waals surface area contributed by atoms with E-state index >= 15 is 0 Å². The normalized spacial score (nSPS) is 17.7. The first-order chi connectivity index (χ1) is 19.1. The van der Waals surface area contributed by atoms with Crippen LogP contribution < -0.4 is 19.5 Å². The molecule has 11 heteroatoms. The number of hydrogen-bond acceptors (Lipinski definition) is 10. The number of benzene rings is 2. The minimum absolute atomic E-state index is 0.0540. The van der Waals surface area contributed by atoms with Crippen molar-refractivity contribution in [2.75, 3.05) is 52.9 Å². The van der Waals surface area contributed by atoms with Crippen LogP contribution in [0.15, 0.2) is 55.1 Å². The van der Waals surface area contributed by atoms with Gasteiger partial charge in [0, 0.05) is 26.2 Å². The van der Waals surface area contributed by atoms with E-state index in [-0.39, 0.29) is 18.9 Å². The molecule has 1 fully saturated rings. The molecule has 0 spiro atoms. The molecule has 2 aromatic carbocycles. The van der Waals surface area contributed by atoms with Crippen molar-refractivity contribution >= 4 is 17.0 Å². The van der Waals surface area contributed by atoms with Crippen LogP contribution in [-0.4, -0.2) is 83.2 Å². The highest BCUT2D eigenvalue weighted by Crippen LogP contribution is 2.38. The average molecular weight is 535 g/mol. The summed E-state index contributed by atoms with van der Waals surface area (Å²) in [4.78, 5) is 15.9. The number of fused-ring (bicyclic) bond motifs is 1. The summed E-state index contributed by atoms with van der Waals surface area (Å²) in [5.74, 6) is 2.30. The molecule has 0 aliphatic carbocycles. The Morgan fingerprint density at radius 1 is 0.974 bits per heavy atom. The van der Waals surface area contributed by atoms with Crippen molar-refractivity contribution in [1.29, 1.82) is 0 Å². The van der Waals surface area contributed by atoms with Gasteiger partial charge in [0.15, 0.2) is 28.5 Å². The average Bonchev–Trinajstić information content (AvgIpc) is 3.43. The summed E-state index contributed by atoms with van der Waals surface area (Å²) in [5, 5.41) is 13.3. The van der Waals surface area contributed by atoms with Crippen molar-refractivity contribution in [3.05, 3.63) is 66.2 Å². The number of methoxy groups -OCH3 is 3. The highest BCUT2D eigenvalue weighted by Gasteiger charge is 2.30. The topological polar surface area (TPSA) is 116 Å². The van der Waals surface area contributed by atoms with Gasteiger partial charge in [-0.3, -0.25) is 9.47 Å². The molecule has 2 aromatic heterocycles. The van der Waals surface area contributed by atoms with Crippen LogP contribution in [0, 0.1) is 0 Å². The molecule has 2 atom stereocenters. The lowest BCUT2D eigenvalue weighted by molar-refractivity contribution is -0.133. The second-order valence-electron chi connectivity index (χ2n) is 9.32. The maximum atomic E-state index is 9.91. The first-order valence-corrected chi connectivity index (χ1v) is 12.9. The van der Waals surface area contributed by atoms with Gasteiger partial charge in [-0.15, -0.1) is 0 Å². The molecule has 1 aliphatic rings. The molecular weight excluding hydrogens is 500 g/mol. The van der Waals surface area contributed by atoms with E-state index in [0.717, 1.165) is 18.5 Å². The summed E-state index contributed by atoms with van der Waals surface area (Å²) in [6.45, 7) is 2.59. The van der Waals surface area contributed by atoms with E-state index in [1.165, 1.54) is 11.9 Å². The third-order valence-electron chi connectivity index (χ3n) is 6.84. The zero-order valence-electron chi connectivity index (χ0n) is 22.4. The minimum Gasteiger partial charge on any atom is -0.493 e. The van der Waals surface area contributed by atoms with E-state index in [4.69, 9.17) is 18.9 Å². The summed E-state index contributed by atoms with van der Waals surface area (Å²) < 4.78 is 24.5. The first-order valence-electron chi connectivity index (χ1n) is 12.9. The van der Waals surface area contributed by atoms with Crippen LogP contribution in [0.3, 0.4) is 0 Å². The lowest BCUT2D eigenvalue weighted by Gasteiger charge is -2.37. The van der Waals surface area contributed by atoms with Crippen LogP contribution in [0.25, 0.3) is 11.2 Å². The lowest BCUT2D eigenvalue weighted by Crippen LogP contribution is -2.47.